The van der Waals surface area contributed by atoms with Gasteiger partial charge in [-0.1, -0.05) is 44.4 Å². The van der Waals surface area contributed by atoms with Gasteiger partial charge in [-0.25, -0.2) is 4.39 Å². The van der Waals surface area contributed by atoms with Crippen molar-refractivity contribution in [3.05, 3.63) is 53.8 Å². The molecule has 1 saturated carbocycles. The molecule has 5 rings (SSSR count). The molecule has 2 aromatic rings. The monoisotopic (exact) mass is 479 g/mol. The third-order valence-corrected chi connectivity index (χ3v) is 8.23. The molecule has 2 aromatic carbocycles. The summed E-state index contributed by atoms with van der Waals surface area (Å²) >= 11 is 0. The average molecular weight is 480 g/mol. The Hall–Kier alpha value is -2.60. The van der Waals surface area contributed by atoms with Gasteiger partial charge in [0.25, 0.3) is 0 Å². The first-order valence-electron chi connectivity index (χ1n) is 13.3. The van der Waals surface area contributed by atoms with E-state index in [9.17, 15) is 9.18 Å². The summed E-state index contributed by atoms with van der Waals surface area (Å²) in [5.41, 5.74) is 3.38. The molecule has 0 aromatic heterocycles. The molecular formula is C29H38FN3O2. The maximum absolute atomic E-state index is 13.9. The van der Waals surface area contributed by atoms with Gasteiger partial charge < -0.3 is 14.5 Å². The van der Waals surface area contributed by atoms with E-state index in [1.807, 2.05) is 6.07 Å². The van der Waals surface area contributed by atoms with Gasteiger partial charge in [0, 0.05) is 50.4 Å². The number of nitrogens with zero attached hydrogens (tertiary/aromatic N) is 3. The van der Waals surface area contributed by atoms with Gasteiger partial charge in [-0.15, -0.1) is 0 Å². The number of rotatable bonds is 5. The topological polar surface area (TPSA) is 36.0 Å². The van der Waals surface area contributed by atoms with Crippen LogP contribution < -0.4 is 14.5 Å². The van der Waals surface area contributed by atoms with Gasteiger partial charge in [-0.2, -0.15) is 0 Å². The molecule has 35 heavy (non-hydrogen) atoms. The predicted molar refractivity (Wildman–Crippen MR) is 139 cm³/mol. The zero-order valence-electron chi connectivity index (χ0n) is 21.1. The zero-order valence-corrected chi connectivity index (χ0v) is 21.1. The summed E-state index contributed by atoms with van der Waals surface area (Å²) in [6.07, 6.45) is 6.64. The highest BCUT2D eigenvalue weighted by molar-refractivity contribution is 5.97. The summed E-state index contributed by atoms with van der Waals surface area (Å²) in [5.74, 6) is 1.25. The van der Waals surface area contributed by atoms with Crippen molar-refractivity contribution >= 4 is 17.3 Å². The maximum atomic E-state index is 13.9. The molecule has 0 radical (unpaired) electrons. The van der Waals surface area contributed by atoms with E-state index in [1.165, 1.54) is 37.0 Å². The van der Waals surface area contributed by atoms with Crippen LogP contribution in [-0.4, -0.2) is 56.7 Å². The van der Waals surface area contributed by atoms with Crippen LogP contribution in [0.3, 0.4) is 0 Å². The molecular weight excluding hydrogens is 441 g/mol. The van der Waals surface area contributed by atoms with Crippen molar-refractivity contribution in [1.29, 1.82) is 0 Å². The first-order valence-corrected chi connectivity index (χ1v) is 13.3. The van der Waals surface area contributed by atoms with Crippen molar-refractivity contribution in [2.75, 3.05) is 49.6 Å². The number of hydrogen-bond acceptors (Lipinski definition) is 4. The van der Waals surface area contributed by atoms with Gasteiger partial charge in [0.1, 0.15) is 11.6 Å². The first-order chi connectivity index (χ1) is 17.0. The van der Waals surface area contributed by atoms with E-state index in [2.05, 4.69) is 45.9 Å². The van der Waals surface area contributed by atoms with Crippen LogP contribution >= 0.6 is 0 Å². The fourth-order valence-corrected chi connectivity index (χ4v) is 6.34. The number of methoxy groups -OCH3 is 1. The molecule has 1 amide bonds. The van der Waals surface area contributed by atoms with Crippen LogP contribution in [0.15, 0.2) is 42.5 Å². The second-order valence-corrected chi connectivity index (χ2v) is 10.5. The number of benzene rings is 2. The predicted octanol–water partition coefficient (Wildman–Crippen LogP) is 5.45. The highest BCUT2D eigenvalue weighted by atomic mass is 19.1. The fourth-order valence-electron chi connectivity index (χ4n) is 6.34. The van der Waals surface area contributed by atoms with E-state index >= 15 is 0 Å². The Balaban J connectivity index is 1.31. The van der Waals surface area contributed by atoms with Gasteiger partial charge >= 0.3 is 0 Å². The third kappa shape index (κ3) is 5.04. The summed E-state index contributed by atoms with van der Waals surface area (Å²) in [4.78, 5) is 20.8. The Morgan fingerprint density at radius 2 is 1.74 bits per heavy atom. The van der Waals surface area contributed by atoms with Gasteiger partial charge in [0.05, 0.1) is 18.8 Å². The van der Waals surface area contributed by atoms with E-state index < -0.39 is 0 Å². The zero-order chi connectivity index (χ0) is 24.4. The van der Waals surface area contributed by atoms with Crippen LogP contribution in [-0.2, 0) is 4.79 Å². The second-order valence-electron chi connectivity index (χ2n) is 10.5. The lowest BCUT2D eigenvalue weighted by Crippen LogP contribution is -2.55. The van der Waals surface area contributed by atoms with E-state index in [4.69, 9.17) is 4.74 Å². The molecule has 1 saturated heterocycles. The number of anilines is 2. The van der Waals surface area contributed by atoms with Crippen LogP contribution in [0.1, 0.15) is 56.9 Å². The van der Waals surface area contributed by atoms with Gasteiger partial charge in [0.2, 0.25) is 5.91 Å². The van der Waals surface area contributed by atoms with Crippen molar-refractivity contribution in [1.82, 2.24) is 4.90 Å². The van der Waals surface area contributed by atoms with Crippen LogP contribution in [0.5, 0.6) is 5.75 Å². The molecule has 2 fully saturated rings. The first kappa shape index (κ1) is 24.1. The number of carbonyl (C=O) groups excluding carboxylic acids is 1. The molecule has 2 atom stereocenters. The molecule has 2 unspecified atom stereocenters. The number of hydrogen-bond donors (Lipinski definition) is 0. The summed E-state index contributed by atoms with van der Waals surface area (Å²) in [7, 11) is 1.59. The summed E-state index contributed by atoms with van der Waals surface area (Å²) in [5, 5.41) is 0. The number of piperazine rings is 1. The molecule has 6 heteroatoms. The lowest BCUT2D eigenvalue weighted by molar-refractivity contribution is -0.124. The SMILES string of the molecule is COc1cc(F)ccc1N1CCN(CC2CC(C)c3ccccc3N2C(=O)C2CCCCC2)CC1. The molecule has 0 N–H and O–H groups in total. The third-order valence-electron chi connectivity index (χ3n) is 8.23. The standard InChI is InChI=1S/C29H38FN3O2/c1-21-18-24(20-31-14-16-32(17-15-31)27-13-12-23(30)19-28(27)35-2)33(26-11-7-6-10-25(21)26)29(34)22-8-4-3-5-9-22/h6-7,10-13,19,21-22,24H,3-5,8-9,14-18,20H2,1-2H3. The van der Waals surface area contributed by atoms with Crippen molar-refractivity contribution < 1.29 is 13.9 Å². The van der Waals surface area contributed by atoms with Gasteiger partial charge in [0.15, 0.2) is 0 Å². The lowest BCUT2D eigenvalue weighted by atomic mass is 9.83. The number of halogens is 1. The fraction of sp³-hybridized carbons (Fsp3) is 0.552. The number of carbonyl (C=O) groups is 1. The number of amides is 1. The van der Waals surface area contributed by atoms with Gasteiger partial charge in [-0.05, 0) is 48.9 Å². The number of para-hydroxylation sites is 1. The molecule has 1 aliphatic carbocycles. The Kier molecular flexibility index (Phi) is 7.28. The Bertz CT molecular complexity index is 1030. The van der Waals surface area contributed by atoms with Crippen molar-refractivity contribution in [2.24, 2.45) is 5.92 Å². The largest absolute Gasteiger partial charge is 0.494 e. The average Bonchev–Trinajstić information content (AvgIpc) is 2.89. The van der Waals surface area contributed by atoms with Gasteiger partial charge in [-0.3, -0.25) is 9.69 Å². The van der Waals surface area contributed by atoms with E-state index in [0.29, 0.717) is 17.6 Å². The minimum absolute atomic E-state index is 0.163. The van der Waals surface area contributed by atoms with Crippen molar-refractivity contribution in [2.45, 2.75) is 57.4 Å². The molecule has 2 heterocycles. The van der Waals surface area contributed by atoms with E-state index in [-0.39, 0.29) is 17.8 Å². The Labute approximate surface area is 208 Å². The number of ether oxygens (including phenoxy) is 1. The second kappa shape index (κ2) is 10.6. The minimum Gasteiger partial charge on any atom is -0.494 e. The van der Waals surface area contributed by atoms with Crippen LogP contribution in [0, 0.1) is 11.7 Å². The highest BCUT2D eigenvalue weighted by Gasteiger charge is 2.38. The minimum atomic E-state index is -0.279. The molecule has 5 nitrogen and oxygen atoms in total. The normalized spacial score (nSPS) is 23.7. The highest BCUT2D eigenvalue weighted by Crippen LogP contribution is 2.40. The molecule has 2 aliphatic heterocycles. The lowest BCUT2D eigenvalue weighted by Gasteiger charge is -2.45. The van der Waals surface area contributed by atoms with Crippen molar-refractivity contribution in [3.8, 4) is 5.75 Å². The van der Waals surface area contributed by atoms with Crippen LogP contribution in [0.4, 0.5) is 15.8 Å². The quantitative estimate of drug-likeness (QED) is 0.572. The Morgan fingerprint density at radius 3 is 2.49 bits per heavy atom. The summed E-state index contributed by atoms with van der Waals surface area (Å²) < 4.78 is 19.1. The van der Waals surface area contributed by atoms with E-state index in [0.717, 1.165) is 63.4 Å². The van der Waals surface area contributed by atoms with Crippen molar-refractivity contribution in [3.63, 3.8) is 0 Å². The molecule has 188 valence electrons. The number of fused-ring (bicyclic) bond motifs is 1. The van der Waals surface area contributed by atoms with Crippen LogP contribution in [0.25, 0.3) is 0 Å². The molecule has 0 bridgehead atoms. The molecule has 3 aliphatic rings. The van der Waals surface area contributed by atoms with Crippen LogP contribution in [0.2, 0.25) is 0 Å². The maximum Gasteiger partial charge on any atom is 0.230 e. The summed E-state index contributed by atoms with van der Waals surface area (Å²) in [6.45, 7) is 6.74. The Morgan fingerprint density at radius 1 is 1.00 bits per heavy atom. The van der Waals surface area contributed by atoms with E-state index in [1.54, 1.807) is 7.11 Å². The summed E-state index contributed by atoms with van der Waals surface area (Å²) in [6, 6.07) is 13.5. The smallest absolute Gasteiger partial charge is 0.230 e. The molecule has 0 spiro atoms.